The summed E-state index contributed by atoms with van der Waals surface area (Å²) in [6.45, 7) is 1.47. The van der Waals surface area contributed by atoms with Crippen molar-refractivity contribution >= 4 is 5.91 Å². The van der Waals surface area contributed by atoms with Crippen LogP contribution in [0.1, 0.15) is 24.0 Å². The number of nitrogens with zero attached hydrogens (tertiary/aromatic N) is 1. The number of hydrogen-bond donors (Lipinski definition) is 1. The van der Waals surface area contributed by atoms with E-state index in [1.165, 1.54) is 12.0 Å². The molecule has 2 aliphatic carbocycles. The molecule has 1 amide bonds. The van der Waals surface area contributed by atoms with Gasteiger partial charge >= 0.3 is 0 Å². The molecule has 1 aliphatic heterocycles. The molecule has 104 valence electrons. The molecule has 2 bridgehead atoms. The van der Waals surface area contributed by atoms with Crippen LogP contribution in [0.5, 0.6) is 5.75 Å². The van der Waals surface area contributed by atoms with Crippen LogP contribution in [0.2, 0.25) is 0 Å². The first-order chi connectivity index (χ1) is 9.70. The number of fused-ring (bicyclic) bond motifs is 3. The second kappa shape index (κ2) is 4.37. The van der Waals surface area contributed by atoms with Gasteiger partial charge in [-0.05, 0) is 54.4 Å². The van der Waals surface area contributed by atoms with Gasteiger partial charge in [0.2, 0.25) is 5.91 Å². The van der Waals surface area contributed by atoms with E-state index in [-0.39, 0.29) is 5.92 Å². The molecule has 20 heavy (non-hydrogen) atoms. The van der Waals surface area contributed by atoms with E-state index in [9.17, 15) is 9.90 Å². The summed E-state index contributed by atoms with van der Waals surface area (Å²) in [5.74, 6) is 1.91. The van der Waals surface area contributed by atoms with Gasteiger partial charge in [0.25, 0.3) is 0 Å². The van der Waals surface area contributed by atoms with E-state index >= 15 is 0 Å². The number of phenolic OH excluding ortho intramolecular Hbond substituents is 1. The number of phenols is 1. The van der Waals surface area contributed by atoms with Gasteiger partial charge in [0.15, 0.2) is 0 Å². The van der Waals surface area contributed by atoms with Gasteiger partial charge < -0.3 is 10.0 Å². The van der Waals surface area contributed by atoms with Gasteiger partial charge in [-0.2, -0.15) is 0 Å². The number of allylic oxidation sites excluding steroid dienone is 2. The third-order valence-electron chi connectivity index (χ3n) is 5.11. The molecule has 1 aromatic rings. The molecule has 3 nitrogen and oxygen atoms in total. The minimum atomic E-state index is 0.198. The van der Waals surface area contributed by atoms with E-state index in [4.69, 9.17) is 0 Å². The summed E-state index contributed by atoms with van der Waals surface area (Å²) in [5.41, 5.74) is 2.36. The smallest absolute Gasteiger partial charge is 0.226 e. The molecule has 1 aromatic carbocycles. The third-order valence-corrected chi connectivity index (χ3v) is 5.11. The van der Waals surface area contributed by atoms with Crippen molar-refractivity contribution in [1.29, 1.82) is 0 Å². The van der Waals surface area contributed by atoms with Crippen molar-refractivity contribution in [2.75, 3.05) is 6.54 Å². The number of carbonyl (C=O) groups excluding carboxylic acids is 1. The van der Waals surface area contributed by atoms with Crippen molar-refractivity contribution in [2.45, 2.75) is 25.8 Å². The Bertz CT molecular complexity index is 593. The van der Waals surface area contributed by atoms with Crippen LogP contribution in [0, 0.1) is 17.8 Å². The molecule has 3 unspecified atom stereocenters. The highest BCUT2D eigenvalue weighted by molar-refractivity contribution is 5.80. The third kappa shape index (κ3) is 1.84. The van der Waals surface area contributed by atoms with Crippen molar-refractivity contribution in [3.63, 3.8) is 0 Å². The Kier molecular flexibility index (Phi) is 2.62. The van der Waals surface area contributed by atoms with Crippen molar-refractivity contribution < 1.29 is 9.90 Å². The molecule has 1 saturated carbocycles. The Morgan fingerprint density at radius 1 is 1.20 bits per heavy atom. The number of aromatic hydroxyl groups is 1. The maximum absolute atomic E-state index is 12.7. The molecular formula is C17H19NO2. The topological polar surface area (TPSA) is 40.5 Å². The molecule has 0 aromatic heterocycles. The van der Waals surface area contributed by atoms with E-state index < -0.39 is 0 Å². The highest BCUT2D eigenvalue weighted by Gasteiger charge is 2.41. The van der Waals surface area contributed by atoms with Crippen LogP contribution in [-0.2, 0) is 17.8 Å². The maximum Gasteiger partial charge on any atom is 0.226 e. The lowest BCUT2D eigenvalue weighted by Gasteiger charge is -2.32. The Morgan fingerprint density at radius 3 is 2.85 bits per heavy atom. The molecule has 3 aliphatic rings. The van der Waals surface area contributed by atoms with E-state index in [1.807, 2.05) is 11.0 Å². The lowest BCUT2D eigenvalue weighted by atomic mass is 9.90. The number of carbonyl (C=O) groups is 1. The zero-order chi connectivity index (χ0) is 13.7. The molecule has 0 radical (unpaired) electrons. The van der Waals surface area contributed by atoms with E-state index in [0.29, 0.717) is 30.0 Å². The highest BCUT2D eigenvalue weighted by atomic mass is 16.3. The normalized spacial score (nSPS) is 30.6. The van der Waals surface area contributed by atoms with Gasteiger partial charge in [-0.15, -0.1) is 0 Å². The van der Waals surface area contributed by atoms with Crippen LogP contribution < -0.4 is 0 Å². The van der Waals surface area contributed by atoms with Gasteiger partial charge in [0.1, 0.15) is 5.75 Å². The monoisotopic (exact) mass is 269 g/mol. The molecule has 0 saturated heterocycles. The molecule has 0 spiro atoms. The van der Waals surface area contributed by atoms with Crippen molar-refractivity contribution in [3.8, 4) is 5.75 Å². The second-order valence-electron chi connectivity index (χ2n) is 6.35. The summed E-state index contributed by atoms with van der Waals surface area (Å²) in [7, 11) is 0. The number of benzene rings is 1. The molecule has 3 atom stereocenters. The van der Waals surface area contributed by atoms with Crippen LogP contribution in [0.4, 0.5) is 0 Å². The van der Waals surface area contributed by atoms with Gasteiger partial charge in [0.05, 0.1) is 0 Å². The van der Waals surface area contributed by atoms with Crippen molar-refractivity contribution in [1.82, 2.24) is 4.90 Å². The summed E-state index contributed by atoms with van der Waals surface area (Å²) in [5, 5.41) is 9.60. The van der Waals surface area contributed by atoms with Crippen LogP contribution in [0.3, 0.4) is 0 Å². The minimum Gasteiger partial charge on any atom is -0.508 e. The largest absolute Gasteiger partial charge is 0.508 e. The fraction of sp³-hybridized carbons (Fsp3) is 0.471. The van der Waals surface area contributed by atoms with Crippen LogP contribution >= 0.6 is 0 Å². The first kappa shape index (κ1) is 12.0. The molecule has 1 heterocycles. The lowest BCUT2D eigenvalue weighted by molar-refractivity contribution is -0.137. The second-order valence-corrected chi connectivity index (χ2v) is 6.35. The predicted molar refractivity (Wildman–Crippen MR) is 76.1 cm³/mol. The van der Waals surface area contributed by atoms with E-state index in [1.54, 1.807) is 12.1 Å². The number of hydrogen-bond acceptors (Lipinski definition) is 2. The zero-order valence-electron chi connectivity index (χ0n) is 11.5. The molecular weight excluding hydrogens is 250 g/mol. The number of amides is 1. The molecule has 1 N–H and O–H groups in total. The Hall–Kier alpha value is -1.77. The van der Waals surface area contributed by atoms with E-state index in [0.717, 1.165) is 24.9 Å². The molecule has 3 heteroatoms. The van der Waals surface area contributed by atoms with Gasteiger partial charge in [-0.3, -0.25) is 4.79 Å². The summed E-state index contributed by atoms with van der Waals surface area (Å²) in [6, 6.07) is 5.51. The van der Waals surface area contributed by atoms with Crippen LogP contribution in [-0.4, -0.2) is 22.5 Å². The Balaban J connectivity index is 1.53. The van der Waals surface area contributed by atoms with Crippen LogP contribution in [0.15, 0.2) is 30.4 Å². The average molecular weight is 269 g/mol. The fourth-order valence-corrected chi connectivity index (χ4v) is 4.03. The standard InChI is InChI=1S/C17H19NO2/c19-15-4-3-12-5-6-18(10-14(12)9-15)17(20)16-8-11-1-2-13(16)7-11/h1-4,9,11,13,16,19H,5-8,10H2. The predicted octanol–water partition coefficient (Wildman–Crippen LogP) is 2.49. The number of rotatable bonds is 1. The van der Waals surface area contributed by atoms with Crippen molar-refractivity contribution in [2.24, 2.45) is 17.8 Å². The maximum atomic E-state index is 12.7. The average Bonchev–Trinajstić information content (AvgIpc) is 3.08. The first-order valence-electron chi connectivity index (χ1n) is 7.48. The fourth-order valence-electron chi connectivity index (χ4n) is 4.03. The molecule has 1 fully saturated rings. The van der Waals surface area contributed by atoms with Crippen molar-refractivity contribution in [3.05, 3.63) is 41.5 Å². The first-order valence-corrected chi connectivity index (χ1v) is 7.48. The summed E-state index contributed by atoms with van der Waals surface area (Å²) in [4.78, 5) is 14.7. The van der Waals surface area contributed by atoms with Gasteiger partial charge in [-0.25, -0.2) is 0 Å². The quantitative estimate of drug-likeness (QED) is 0.796. The Morgan fingerprint density at radius 2 is 2.10 bits per heavy atom. The minimum absolute atomic E-state index is 0.198. The van der Waals surface area contributed by atoms with Gasteiger partial charge in [0, 0.05) is 19.0 Å². The van der Waals surface area contributed by atoms with Gasteiger partial charge in [-0.1, -0.05) is 18.2 Å². The lowest BCUT2D eigenvalue weighted by Crippen LogP contribution is -2.40. The summed E-state index contributed by atoms with van der Waals surface area (Å²) in [6.07, 6.45) is 7.61. The molecule has 4 rings (SSSR count). The van der Waals surface area contributed by atoms with Crippen LogP contribution in [0.25, 0.3) is 0 Å². The Labute approximate surface area is 118 Å². The summed E-state index contributed by atoms with van der Waals surface area (Å²) >= 11 is 0. The summed E-state index contributed by atoms with van der Waals surface area (Å²) < 4.78 is 0. The van der Waals surface area contributed by atoms with E-state index in [2.05, 4.69) is 12.2 Å². The SMILES string of the molecule is O=C(C1CC2C=CC1C2)N1CCc2ccc(O)cc2C1. The zero-order valence-corrected chi connectivity index (χ0v) is 11.5. The highest BCUT2D eigenvalue weighted by Crippen LogP contribution is 2.44.